The van der Waals surface area contributed by atoms with Crippen molar-refractivity contribution in [1.29, 1.82) is 0 Å². The van der Waals surface area contributed by atoms with Crippen LogP contribution >= 0.6 is 0 Å². The van der Waals surface area contributed by atoms with Crippen LogP contribution in [0.1, 0.15) is 19.4 Å². The van der Waals surface area contributed by atoms with Crippen LogP contribution in [0.15, 0.2) is 30.3 Å². The molecule has 0 spiro atoms. The van der Waals surface area contributed by atoms with Crippen molar-refractivity contribution in [2.24, 2.45) is 0 Å². The van der Waals surface area contributed by atoms with Crippen LogP contribution in [0.3, 0.4) is 0 Å². The Morgan fingerprint density at radius 2 is 1.86 bits per heavy atom. The van der Waals surface area contributed by atoms with Gasteiger partial charge in [0, 0.05) is 0 Å². The lowest BCUT2D eigenvalue weighted by Crippen LogP contribution is -2.33. The van der Waals surface area contributed by atoms with Gasteiger partial charge in [-0.15, -0.1) is 0 Å². The van der Waals surface area contributed by atoms with Gasteiger partial charge in [-0.2, -0.15) is 0 Å². The van der Waals surface area contributed by atoms with E-state index in [1.165, 1.54) is 0 Å². The Balaban J connectivity index is 1.53. The van der Waals surface area contributed by atoms with Crippen LogP contribution in [0, 0.1) is 0 Å². The number of aliphatic hydroxyl groups is 1. The van der Waals surface area contributed by atoms with E-state index < -0.39 is 5.79 Å². The third kappa shape index (κ3) is 3.62. The van der Waals surface area contributed by atoms with E-state index in [9.17, 15) is 0 Å². The molecule has 1 aromatic rings. The predicted octanol–water partition coefficient (Wildman–Crippen LogP) is 1.48. The molecule has 3 rings (SSSR count). The molecule has 5 nitrogen and oxygen atoms in total. The molecule has 0 aliphatic carbocycles. The summed E-state index contributed by atoms with van der Waals surface area (Å²) in [6.07, 6.45) is -0.593. The summed E-state index contributed by atoms with van der Waals surface area (Å²) in [6, 6.07) is 10.0. The molecule has 5 heteroatoms. The number of aliphatic hydroxyl groups excluding tert-OH is 1. The molecule has 116 valence electrons. The van der Waals surface area contributed by atoms with Gasteiger partial charge in [-0.3, -0.25) is 0 Å². The summed E-state index contributed by atoms with van der Waals surface area (Å²) in [7, 11) is 0. The Kier molecular flexibility index (Phi) is 4.28. The van der Waals surface area contributed by atoms with Crippen molar-refractivity contribution < 1.29 is 24.1 Å². The van der Waals surface area contributed by atoms with E-state index in [4.69, 9.17) is 24.1 Å². The molecule has 2 aliphatic rings. The fraction of sp³-hybridized carbons (Fsp3) is 0.625. The Morgan fingerprint density at radius 3 is 2.52 bits per heavy atom. The normalized spacial score (nSPS) is 34.0. The maximum atomic E-state index is 9.13. The summed E-state index contributed by atoms with van der Waals surface area (Å²) in [5, 5.41) is 9.13. The average Bonchev–Trinajstić information content (AvgIpc) is 3.18. The molecule has 0 saturated carbocycles. The molecule has 2 heterocycles. The number of rotatable bonds is 6. The smallest absolute Gasteiger partial charge is 0.164 e. The van der Waals surface area contributed by atoms with Gasteiger partial charge >= 0.3 is 0 Å². The lowest BCUT2D eigenvalue weighted by atomic mass is 10.1. The van der Waals surface area contributed by atoms with Gasteiger partial charge in [0.15, 0.2) is 5.79 Å². The van der Waals surface area contributed by atoms with Crippen LogP contribution in [0.5, 0.6) is 0 Å². The highest BCUT2D eigenvalue weighted by molar-refractivity contribution is 5.13. The monoisotopic (exact) mass is 294 g/mol. The largest absolute Gasteiger partial charge is 0.394 e. The first-order valence-electron chi connectivity index (χ1n) is 7.33. The van der Waals surface area contributed by atoms with Gasteiger partial charge in [0.1, 0.15) is 24.4 Å². The summed E-state index contributed by atoms with van der Waals surface area (Å²) >= 11 is 0. The summed E-state index contributed by atoms with van der Waals surface area (Å²) < 4.78 is 22.9. The lowest BCUT2D eigenvalue weighted by molar-refractivity contribution is -0.152. The molecular weight excluding hydrogens is 272 g/mol. The zero-order chi connectivity index (χ0) is 14.9. The first-order valence-corrected chi connectivity index (χ1v) is 7.33. The standard InChI is InChI=1S/C16H22O5/c1-16(2)20-13(15(21-16)14-12(8-17)19-14)10-18-9-11-6-4-3-5-7-11/h3-7,12-15,17H,8-10H2,1-2H3/t12-,13+,14+,15-/m1/s1. The molecule has 2 aliphatic heterocycles. The second-order valence-corrected chi connectivity index (χ2v) is 5.96. The molecule has 0 radical (unpaired) electrons. The van der Waals surface area contributed by atoms with Crippen LogP contribution in [-0.4, -0.2) is 48.5 Å². The Bertz CT molecular complexity index is 461. The minimum Gasteiger partial charge on any atom is -0.394 e. The molecular formula is C16H22O5. The number of hydrogen-bond donors (Lipinski definition) is 1. The fourth-order valence-corrected chi connectivity index (χ4v) is 2.73. The summed E-state index contributed by atoms with van der Waals surface area (Å²) in [4.78, 5) is 0. The molecule has 0 amide bonds. The van der Waals surface area contributed by atoms with Crippen molar-refractivity contribution in [2.45, 2.75) is 50.7 Å². The van der Waals surface area contributed by atoms with Gasteiger partial charge in [0.25, 0.3) is 0 Å². The predicted molar refractivity (Wildman–Crippen MR) is 75.7 cm³/mol. The summed E-state index contributed by atoms with van der Waals surface area (Å²) in [6.45, 7) is 4.77. The van der Waals surface area contributed by atoms with Gasteiger partial charge in [-0.25, -0.2) is 0 Å². The third-order valence-electron chi connectivity index (χ3n) is 3.74. The van der Waals surface area contributed by atoms with Crippen LogP contribution in [0.25, 0.3) is 0 Å². The van der Waals surface area contributed by atoms with Crippen molar-refractivity contribution in [2.75, 3.05) is 13.2 Å². The van der Waals surface area contributed by atoms with E-state index in [2.05, 4.69) is 0 Å². The van der Waals surface area contributed by atoms with Gasteiger partial charge in [-0.1, -0.05) is 30.3 Å². The van der Waals surface area contributed by atoms with Crippen LogP contribution in [-0.2, 0) is 25.6 Å². The molecule has 2 fully saturated rings. The van der Waals surface area contributed by atoms with Gasteiger partial charge < -0.3 is 24.1 Å². The number of hydrogen-bond acceptors (Lipinski definition) is 5. The van der Waals surface area contributed by atoms with Crippen molar-refractivity contribution >= 4 is 0 Å². The van der Waals surface area contributed by atoms with E-state index in [0.29, 0.717) is 13.2 Å². The highest BCUT2D eigenvalue weighted by atomic mass is 16.8. The molecule has 0 unspecified atom stereocenters. The van der Waals surface area contributed by atoms with Gasteiger partial charge in [0.05, 0.1) is 19.8 Å². The first-order chi connectivity index (χ1) is 10.1. The van der Waals surface area contributed by atoms with E-state index in [1.54, 1.807) is 0 Å². The maximum Gasteiger partial charge on any atom is 0.164 e. The quantitative estimate of drug-likeness (QED) is 0.805. The van der Waals surface area contributed by atoms with E-state index in [1.807, 2.05) is 44.2 Å². The first kappa shape index (κ1) is 14.9. The second-order valence-electron chi connectivity index (χ2n) is 5.96. The zero-order valence-electron chi connectivity index (χ0n) is 12.4. The topological polar surface area (TPSA) is 60.5 Å². The molecule has 0 aromatic heterocycles. The molecule has 4 atom stereocenters. The highest BCUT2D eigenvalue weighted by Gasteiger charge is 2.54. The summed E-state index contributed by atoms with van der Waals surface area (Å²) in [5.41, 5.74) is 1.13. The van der Waals surface area contributed by atoms with Crippen molar-refractivity contribution in [3.05, 3.63) is 35.9 Å². The number of benzene rings is 1. The van der Waals surface area contributed by atoms with E-state index >= 15 is 0 Å². The van der Waals surface area contributed by atoms with Gasteiger partial charge in [0.2, 0.25) is 0 Å². The van der Waals surface area contributed by atoms with Crippen molar-refractivity contribution in [3.63, 3.8) is 0 Å². The Hall–Kier alpha value is -0.980. The third-order valence-corrected chi connectivity index (χ3v) is 3.74. The van der Waals surface area contributed by atoms with Crippen LogP contribution in [0.4, 0.5) is 0 Å². The molecule has 1 N–H and O–H groups in total. The number of epoxide rings is 1. The van der Waals surface area contributed by atoms with Crippen LogP contribution < -0.4 is 0 Å². The SMILES string of the molecule is CC1(C)O[C@@H]([C@H]2O[C@@H]2CO)[C@H](COCc2ccccc2)O1. The second kappa shape index (κ2) is 6.02. The van der Waals surface area contributed by atoms with Crippen LogP contribution in [0.2, 0.25) is 0 Å². The molecule has 2 saturated heterocycles. The van der Waals surface area contributed by atoms with E-state index in [-0.39, 0.29) is 31.0 Å². The Morgan fingerprint density at radius 1 is 1.10 bits per heavy atom. The minimum atomic E-state index is -0.641. The highest BCUT2D eigenvalue weighted by Crippen LogP contribution is 2.38. The Labute approximate surface area is 124 Å². The lowest BCUT2D eigenvalue weighted by Gasteiger charge is -2.16. The molecule has 1 aromatic carbocycles. The molecule has 0 bridgehead atoms. The van der Waals surface area contributed by atoms with Crippen molar-refractivity contribution in [1.82, 2.24) is 0 Å². The van der Waals surface area contributed by atoms with Gasteiger partial charge in [-0.05, 0) is 19.4 Å². The molecule has 21 heavy (non-hydrogen) atoms. The number of ether oxygens (including phenoxy) is 4. The summed E-state index contributed by atoms with van der Waals surface area (Å²) in [5.74, 6) is -0.641. The maximum absolute atomic E-state index is 9.13. The minimum absolute atomic E-state index is 0.0164. The van der Waals surface area contributed by atoms with E-state index in [0.717, 1.165) is 5.56 Å². The average molecular weight is 294 g/mol. The fourth-order valence-electron chi connectivity index (χ4n) is 2.73. The zero-order valence-corrected chi connectivity index (χ0v) is 12.4. The van der Waals surface area contributed by atoms with Crippen molar-refractivity contribution in [3.8, 4) is 0 Å².